The van der Waals surface area contributed by atoms with Gasteiger partial charge in [-0.05, 0) is 43.5 Å². The smallest absolute Gasteiger partial charge is 0.235 e. The lowest BCUT2D eigenvalue weighted by atomic mass is 10.2. The molecule has 0 spiro atoms. The fraction of sp³-hybridized carbons (Fsp3) is 0.364. The molecule has 3 aromatic rings. The SMILES string of the molecule is CCCCNc1nnc(SCC(=O)Nc2c(C#N)c(C)c(C)n2Cc2ccc(F)cc2)s1. The maximum Gasteiger partial charge on any atom is 0.235 e. The van der Waals surface area contributed by atoms with Crippen LogP contribution in [0.3, 0.4) is 0 Å². The van der Waals surface area contributed by atoms with E-state index in [-0.39, 0.29) is 17.5 Å². The predicted molar refractivity (Wildman–Crippen MR) is 127 cm³/mol. The van der Waals surface area contributed by atoms with Crippen LogP contribution in [0.2, 0.25) is 0 Å². The summed E-state index contributed by atoms with van der Waals surface area (Å²) in [6.45, 7) is 7.14. The van der Waals surface area contributed by atoms with Crippen LogP contribution in [0.25, 0.3) is 0 Å². The van der Waals surface area contributed by atoms with E-state index in [0.29, 0.717) is 22.3 Å². The van der Waals surface area contributed by atoms with Gasteiger partial charge in [0, 0.05) is 18.8 Å². The van der Waals surface area contributed by atoms with Gasteiger partial charge in [-0.1, -0.05) is 48.6 Å². The predicted octanol–water partition coefficient (Wildman–Crippen LogP) is 4.96. The van der Waals surface area contributed by atoms with Crippen molar-refractivity contribution < 1.29 is 9.18 Å². The average molecular weight is 473 g/mol. The average Bonchev–Trinajstić information content (AvgIpc) is 3.32. The van der Waals surface area contributed by atoms with Crippen LogP contribution in [0.1, 0.15) is 42.1 Å². The van der Waals surface area contributed by atoms with E-state index in [2.05, 4.69) is 33.8 Å². The number of aromatic nitrogens is 3. The van der Waals surface area contributed by atoms with Crippen LogP contribution in [-0.2, 0) is 11.3 Å². The molecule has 0 aliphatic heterocycles. The zero-order valence-electron chi connectivity index (χ0n) is 18.2. The Kier molecular flexibility index (Phi) is 8.25. The number of thioether (sulfide) groups is 1. The number of nitriles is 1. The zero-order valence-corrected chi connectivity index (χ0v) is 19.9. The van der Waals surface area contributed by atoms with Crippen molar-refractivity contribution in [3.05, 3.63) is 52.5 Å². The van der Waals surface area contributed by atoms with Gasteiger partial charge in [-0.25, -0.2) is 4.39 Å². The Morgan fingerprint density at radius 1 is 1.28 bits per heavy atom. The van der Waals surface area contributed by atoms with Gasteiger partial charge in [-0.2, -0.15) is 5.26 Å². The zero-order chi connectivity index (χ0) is 23.1. The van der Waals surface area contributed by atoms with Crippen molar-refractivity contribution in [3.63, 3.8) is 0 Å². The van der Waals surface area contributed by atoms with E-state index in [4.69, 9.17) is 0 Å². The van der Waals surface area contributed by atoms with Gasteiger partial charge >= 0.3 is 0 Å². The van der Waals surface area contributed by atoms with E-state index >= 15 is 0 Å². The highest BCUT2D eigenvalue weighted by Gasteiger charge is 2.20. The minimum absolute atomic E-state index is 0.147. The first-order chi connectivity index (χ1) is 15.4. The van der Waals surface area contributed by atoms with Crippen LogP contribution in [0.15, 0.2) is 28.6 Å². The number of carbonyl (C=O) groups is 1. The number of nitrogens with zero attached hydrogens (tertiary/aromatic N) is 4. The third kappa shape index (κ3) is 5.87. The van der Waals surface area contributed by atoms with E-state index < -0.39 is 0 Å². The number of rotatable bonds is 10. The number of hydrogen-bond acceptors (Lipinski definition) is 7. The molecule has 32 heavy (non-hydrogen) atoms. The van der Waals surface area contributed by atoms with Crippen LogP contribution >= 0.6 is 23.1 Å². The number of hydrogen-bond donors (Lipinski definition) is 2. The van der Waals surface area contributed by atoms with Crippen LogP contribution in [0, 0.1) is 31.0 Å². The van der Waals surface area contributed by atoms with Gasteiger partial charge in [-0.3, -0.25) is 4.79 Å². The van der Waals surface area contributed by atoms with E-state index in [1.54, 1.807) is 12.1 Å². The third-order valence-electron chi connectivity index (χ3n) is 4.99. The second-order valence-electron chi connectivity index (χ2n) is 7.25. The molecule has 0 saturated carbocycles. The first-order valence-corrected chi connectivity index (χ1v) is 12.1. The number of amides is 1. The van der Waals surface area contributed by atoms with Crippen molar-refractivity contribution in [2.24, 2.45) is 0 Å². The summed E-state index contributed by atoms with van der Waals surface area (Å²) in [5.41, 5.74) is 2.99. The van der Waals surface area contributed by atoms with Crippen LogP contribution in [0.4, 0.5) is 15.3 Å². The number of anilines is 2. The minimum atomic E-state index is -0.308. The highest BCUT2D eigenvalue weighted by atomic mass is 32.2. The fourth-order valence-corrected chi connectivity index (χ4v) is 4.68. The second-order valence-corrected chi connectivity index (χ2v) is 9.45. The van der Waals surface area contributed by atoms with Crippen LogP contribution in [-0.4, -0.2) is 33.0 Å². The van der Waals surface area contributed by atoms with Crippen molar-refractivity contribution in [2.45, 2.75) is 44.5 Å². The lowest BCUT2D eigenvalue weighted by molar-refractivity contribution is -0.113. The van der Waals surface area contributed by atoms with E-state index in [9.17, 15) is 14.4 Å². The Balaban J connectivity index is 1.69. The normalized spacial score (nSPS) is 10.7. The molecule has 0 radical (unpaired) electrons. The topological polar surface area (TPSA) is 95.6 Å². The van der Waals surface area contributed by atoms with Crippen molar-refractivity contribution >= 4 is 40.0 Å². The quantitative estimate of drug-likeness (QED) is 0.320. The molecule has 7 nitrogen and oxygen atoms in total. The van der Waals surface area contributed by atoms with Gasteiger partial charge in [0.2, 0.25) is 11.0 Å². The van der Waals surface area contributed by atoms with Crippen molar-refractivity contribution in [2.75, 3.05) is 22.9 Å². The minimum Gasteiger partial charge on any atom is -0.360 e. The molecule has 0 fully saturated rings. The van der Waals surface area contributed by atoms with E-state index in [0.717, 1.165) is 41.3 Å². The first kappa shape index (κ1) is 23.8. The lowest BCUT2D eigenvalue weighted by Crippen LogP contribution is -2.18. The highest BCUT2D eigenvalue weighted by Crippen LogP contribution is 2.29. The largest absolute Gasteiger partial charge is 0.360 e. The summed E-state index contributed by atoms with van der Waals surface area (Å²) in [6.07, 6.45) is 2.15. The van der Waals surface area contributed by atoms with Gasteiger partial charge in [-0.15, -0.1) is 10.2 Å². The van der Waals surface area contributed by atoms with Gasteiger partial charge in [0.1, 0.15) is 17.7 Å². The summed E-state index contributed by atoms with van der Waals surface area (Å²) in [4.78, 5) is 12.7. The van der Waals surface area contributed by atoms with E-state index in [1.165, 1.54) is 35.2 Å². The summed E-state index contributed by atoms with van der Waals surface area (Å²) in [5.74, 6) is 0.0587. The van der Waals surface area contributed by atoms with Crippen LogP contribution < -0.4 is 10.6 Å². The van der Waals surface area contributed by atoms with Gasteiger partial charge in [0.15, 0.2) is 4.34 Å². The summed E-state index contributed by atoms with van der Waals surface area (Å²) < 4.78 is 15.8. The maximum atomic E-state index is 13.3. The molecule has 1 aromatic carbocycles. The van der Waals surface area contributed by atoms with Crippen molar-refractivity contribution in [1.82, 2.24) is 14.8 Å². The Hall–Kier alpha value is -2.90. The molecule has 0 saturated heterocycles. The Bertz CT molecular complexity index is 1120. The second kappa shape index (κ2) is 11.1. The van der Waals surface area contributed by atoms with Gasteiger partial charge in [0.05, 0.1) is 11.3 Å². The fourth-order valence-electron chi connectivity index (χ4n) is 3.11. The number of carbonyl (C=O) groups excluding carboxylic acids is 1. The molecule has 2 N–H and O–H groups in total. The molecule has 168 valence electrons. The molecular weight excluding hydrogens is 447 g/mol. The highest BCUT2D eigenvalue weighted by molar-refractivity contribution is 8.01. The monoisotopic (exact) mass is 472 g/mol. The molecule has 0 aliphatic rings. The molecule has 0 atom stereocenters. The molecule has 3 rings (SSSR count). The molecule has 0 aliphatic carbocycles. The number of nitrogens with one attached hydrogen (secondary N) is 2. The van der Waals surface area contributed by atoms with Gasteiger partial charge in [0.25, 0.3) is 0 Å². The summed E-state index contributed by atoms with van der Waals surface area (Å²) >= 11 is 2.72. The summed E-state index contributed by atoms with van der Waals surface area (Å²) in [5, 5.41) is 24.7. The third-order valence-corrected chi connectivity index (χ3v) is 7.01. The van der Waals surface area contributed by atoms with E-state index in [1.807, 2.05) is 18.4 Å². The first-order valence-electron chi connectivity index (χ1n) is 10.3. The standard InChI is InChI=1S/C22H25FN6OS2/c1-4-5-10-25-21-27-28-22(32-21)31-13-19(30)26-20-18(11-24)14(2)15(3)29(20)12-16-6-8-17(23)9-7-16/h6-9H,4-5,10,12-13H2,1-3H3,(H,25,27)(H,26,30). The van der Waals surface area contributed by atoms with Crippen molar-refractivity contribution in [3.8, 4) is 6.07 Å². The maximum absolute atomic E-state index is 13.3. The summed E-state index contributed by atoms with van der Waals surface area (Å²) in [7, 11) is 0. The lowest BCUT2D eigenvalue weighted by Gasteiger charge is -2.13. The Morgan fingerprint density at radius 3 is 2.72 bits per heavy atom. The Labute approximate surface area is 195 Å². The molecule has 10 heteroatoms. The van der Waals surface area contributed by atoms with Crippen molar-refractivity contribution in [1.29, 1.82) is 5.26 Å². The molecule has 2 heterocycles. The molecule has 2 aromatic heterocycles. The number of halogens is 1. The molecule has 0 unspecified atom stereocenters. The molecule has 1 amide bonds. The Morgan fingerprint density at radius 2 is 2.03 bits per heavy atom. The van der Waals surface area contributed by atoms with Crippen LogP contribution in [0.5, 0.6) is 0 Å². The van der Waals surface area contributed by atoms with Gasteiger partial charge < -0.3 is 15.2 Å². The number of benzene rings is 1. The molecule has 0 bridgehead atoms. The molecular formula is C22H25FN6OS2. The number of unbranched alkanes of at least 4 members (excludes halogenated alkanes) is 1. The summed E-state index contributed by atoms with van der Waals surface area (Å²) in [6, 6.07) is 8.38.